The zero-order valence-corrected chi connectivity index (χ0v) is 10.2. The molecule has 0 aliphatic carbocycles. The summed E-state index contributed by atoms with van der Waals surface area (Å²) in [5, 5.41) is 0. The molecule has 0 aromatic heterocycles. The Morgan fingerprint density at radius 3 is 2.10 bits per heavy atom. The van der Waals surface area contributed by atoms with Crippen LogP contribution in [0, 0.1) is 0 Å². The maximum Gasteiger partial charge on any atom is 1.00 e. The first-order valence-electron chi connectivity index (χ1n) is 2.85. The third-order valence-electron chi connectivity index (χ3n) is 0.655. The Morgan fingerprint density at radius 2 is 1.80 bits per heavy atom. The van der Waals surface area contributed by atoms with Crippen molar-refractivity contribution >= 4 is 18.7 Å². The molecule has 0 fully saturated rings. The van der Waals surface area contributed by atoms with Crippen molar-refractivity contribution in [1.82, 2.24) is 0 Å². The van der Waals surface area contributed by atoms with Crippen LogP contribution in [0.5, 0.6) is 0 Å². The van der Waals surface area contributed by atoms with Gasteiger partial charge in [-0.25, -0.2) is 0 Å². The summed E-state index contributed by atoms with van der Waals surface area (Å²) in [6.45, 7) is -2.68. The number of thioether (sulfide) groups is 1. The average Bonchev–Trinajstić information content (AvgIpc) is 1.63. The van der Waals surface area contributed by atoms with Gasteiger partial charge in [-0.3, -0.25) is 0 Å². The fourth-order valence-electron chi connectivity index (χ4n) is 0.361. The Labute approximate surface area is 106 Å². The van der Waals surface area contributed by atoms with E-state index >= 15 is 0 Å². The van der Waals surface area contributed by atoms with Crippen molar-refractivity contribution in [3.05, 3.63) is 0 Å². The van der Waals surface area contributed by atoms with Gasteiger partial charge < -0.3 is 12.9 Å². The zero-order chi connectivity index (χ0) is 7.33. The molecule has 0 aliphatic rings. The summed E-state index contributed by atoms with van der Waals surface area (Å²) < 4.78 is 34.3. The molecule has 0 spiro atoms. The summed E-state index contributed by atoms with van der Waals surface area (Å²) in [6.07, 6.45) is 0.816. The van der Waals surface area contributed by atoms with E-state index < -0.39 is 12.6 Å². The summed E-state index contributed by atoms with van der Waals surface area (Å²) in [7, 11) is 0. The molecule has 0 aliphatic heterocycles. The largest absolute Gasteiger partial charge is 1.00 e. The monoisotopic (exact) mass is 196 g/mol. The van der Waals surface area contributed by atoms with Crippen LogP contribution in [0.3, 0.4) is 0 Å². The molecule has 0 bridgehead atoms. The number of rotatable bonds is 4. The summed E-state index contributed by atoms with van der Waals surface area (Å²) in [5.74, 6) is 0.612. The molecule has 0 nitrogen and oxygen atoms in total. The predicted molar refractivity (Wildman–Crippen MR) is 36.7 cm³/mol. The van der Waals surface area contributed by atoms with Gasteiger partial charge in [-0.1, -0.05) is 6.92 Å². The Morgan fingerprint density at radius 1 is 1.30 bits per heavy atom. The Kier molecular flexibility index (Phi) is 10.8. The van der Waals surface area contributed by atoms with E-state index in [1.54, 1.807) is 0 Å². The Bertz CT molecular complexity index is 77.4. The Balaban J connectivity index is 0. The Hall–Kier alpha value is 1.84. The minimum absolute atomic E-state index is 0. The van der Waals surface area contributed by atoms with Crippen LogP contribution in [-0.2, 0) is 0 Å². The maximum absolute atomic E-state index is 11.4. The third kappa shape index (κ3) is 12.5. The van der Waals surface area contributed by atoms with Crippen LogP contribution < -0.4 is 51.4 Å². The summed E-state index contributed by atoms with van der Waals surface area (Å²) in [5.41, 5.74) is -0.645. The standard InChI is InChI=1S/C4H9BF3S.K/c1-2-3-9-4-5(6,7)8;/h2-4H2,1H3;/q-1;+1. The molecular formula is C4H9BF3KS. The van der Waals surface area contributed by atoms with Crippen molar-refractivity contribution < 1.29 is 64.3 Å². The molecule has 0 radical (unpaired) electrons. The number of hydrogen-bond acceptors (Lipinski definition) is 1. The topological polar surface area (TPSA) is 0 Å². The predicted octanol–water partition coefficient (Wildman–Crippen LogP) is -0.480. The van der Waals surface area contributed by atoms with Crippen LogP contribution >= 0.6 is 11.8 Å². The van der Waals surface area contributed by atoms with E-state index in [1.165, 1.54) is 0 Å². The van der Waals surface area contributed by atoms with Crippen LogP contribution in [-0.4, -0.2) is 18.4 Å². The normalized spacial score (nSPS) is 10.8. The van der Waals surface area contributed by atoms with Crippen molar-refractivity contribution in [3.63, 3.8) is 0 Å². The van der Waals surface area contributed by atoms with Crippen LogP contribution in [0.15, 0.2) is 0 Å². The second kappa shape index (κ2) is 7.49. The van der Waals surface area contributed by atoms with Crippen LogP contribution in [0.4, 0.5) is 12.9 Å². The van der Waals surface area contributed by atoms with Gasteiger partial charge in [-0.2, -0.15) is 11.8 Å². The quantitative estimate of drug-likeness (QED) is 0.432. The van der Waals surface area contributed by atoms with Gasteiger partial charge in [0.05, 0.1) is 0 Å². The van der Waals surface area contributed by atoms with E-state index in [1.807, 2.05) is 6.92 Å². The molecule has 10 heavy (non-hydrogen) atoms. The van der Waals surface area contributed by atoms with Crippen molar-refractivity contribution in [3.8, 4) is 0 Å². The molecule has 56 valence electrons. The third-order valence-corrected chi connectivity index (χ3v) is 1.97. The fourth-order valence-corrected chi connectivity index (χ4v) is 1.08. The first kappa shape index (κ1) is 14.4. The van der Waals surface area contributed by atoms with Gasteiger partial charge in [0, 0.05) is 0 Å². The first-order valence-corrected chi connectivity index (χ1v) is 4.00. The molecule has 0 rings (SSSR count). The molecular weight excluding hydrogens is 187 g/mol. The van der Waals surface area contributed by atoms with E-state index in [-0.39, 0.29) is 51.4 Å². The number of hydrogen-bond donors (Lipinski definition) is 0. The molecule has 0 aromatic carbocycles. The first-order chi connectivity index (χ1) is 4.06. The average molecular weight is 196 g/mol. The van der Waals surface area contributed by atoms with Gasteiger partial charge in [-0.15, -0.1) is 0 Å². The van der Waals surface area contributed by atoms with Crippen LogP contribution in [0.2, 0.25) is 0 Å². The van der Waals surface area contributed by atoms with Gasteiger partial charge in [0.15, 0.2) is 0 Å². The summed E-state index contributed by atoms with van der Waals surface area (Å²) >= 11 is 0.963. The maximum atomic E-state index is 11.4. The zero-order valence-electron chi connectivity index (χ0n) is 6.24. The van der Waals surface area contributed by atoms with Gasteiger partial charge in [0.2, 0.25) is 0 Å². The van der Waals surface area contributed by atoms with Crippen molar-refractivity contribution in [1.29, 1.82) is 0 Å². The molecule has 0 heterocycles. The smallest absolute Gasteiger partial charge is 0.448 e. The minimum Gasteiger partial charge on any atom is -0.448 e. The van der Waals surface area contributed by atoms with Crippen molar-refractivity contribution in [2.24, 2.45) is 0 Å². The van der Waals surface area contributed by atoms with Gasteiger partial charge in [0.1, 0.15) is 0 Å². The minimum atomic E-state index is -4.55. The van der Waals surface area contributed by atoms with Crippen LogP contribution in [0.1, 0.15) is 13.3 Å². The van der Waals surface area contributed by atoms with E-state index in [0.717, 1.165) is 18.2 Å². The molecule has 0 amide bonds. The van der Waals surface area contributed by atoms with Gasteiger partial charge in [0.25, 0.3) is 0 Å². The van der Waals surface area contributed by atoms with E-state index in [9.17, 15) is 12.9 Å². The molecule has 0 unspecified atom stereocenters. The molecule has 0 N–H and O–H groups in total. The van der Waals surface area contributed by atoms with Crippen LogP contribution in [0.25, 0.3) is 0 Å². The van der Waals surface area contributed by atoms with Gasteiger partial charge in [-0.05, 0) is 17.8 Å². The van der Waals surface area contributed by atoms with E-state index in [4.69, 9.17) is 0 Å². The van der Waals surface area contributed by atoms with Gasteiger partial charge >= 0.3 is 58.4 Å². The molecule has 0 atom stereocenters. The molecule has 6 heteroatoms. The second-order valence-electron chi connectivity index (χ2n) is 1.79. The fraction of sp³-hybridized carbons (Fsp3) is 1.00. The summed E-state index contributed by atoms with van der Waals surface area (Å²) in [6, 6.07) is 0. The second-order valence-corrected chi connectivity index (χ2v) is 2.94. The molecule has 0 saturated carbocycles. The molecule has 0 aromatic rings. The van der Waals surface area contributed by atoms with E-state index in [2.05, 4.69) is 0 Å². The SMILES string of the molecule is CCCSC[B-](F)(F)F.[K+]. The number of halogens is 3. The summed E-state index contributed by atoms with van der Waals surface area (Å²) in [4.78, 5) is 0. The van der Waals surface area contributed by atoms with Crippen molar-refractivity contribution in [2.75, 3.05) is 11.4 Å². The van der Waals surface area contributed by atoms with Crippen molar-refractivity contribution in [2.45, 2.75) is 13.3 Å². The van der Waals surface area contributed by atoms with E-state index in [0.29, 0.717) is 5.75 Å². The molecule has 0 saturated heterocycles.